The normalized spacial score (nSPS) is 26.5. The fraction of sp³-hybridized carbons (Fsp3) is 0.786. The molecule has 0 aromatic carbocycles. The van der Waals surface area contributed by atoms with Crippen LogP contribution in [0, 0.1) is 0 Å². The summed E-state index contributed by atoms with van der Waals surface area (Å²) in [5, 5.41) is 7.19. The van der Waals surface area contributed by atoms with Gasteiger partial charge in [0.2, 0.25) is 0 Å². The van der Waals surface area contributed by atoms with Gasteiger partial charge < -0.3 is 14.6 Å². The van der Waals surface area contributed by atoms with Crippen LogP contribution in [-0.4, -0.2) is 37.7 Å². The molecular formula is C14H22N2O4S. The van der Waals surface area contributed by atoms with Gasteiger partial charge in [0.25, 0.3) is 0 Å². The maximum atomic E-state index is 11.9. The lowest BCUT2D eigenvalue weighted by Gasteiger charge is -2.30. The van der Waals surface area contributed by atoms with Crippen molar-refractivity contribution in [2.24, 2.45) is 0 Å². The Kier molecular flexibility index (Phi) is 4.33. The molecule has 1 N–H and O–H groups in total. The molecule has 118 valence electrons. The molecule has 1 saturated carbocycles. The smallest absolute Gasteiger partial charge is 0.151 e. The van der Waals surface area contributed by atoms with E-state index in [4.69, 9.17) is 9.26 Å². The summed E-state index contributed by atoms with van der Waals surface area (Å²) in [6.45, 7) is 1.75. The lowest BCUT2D eigenvalue weighted by molar-refractivity contribution is 0.102. The predicted octanol–water partition coefficient (Wildman–Crippen LogP) is 1.19. The summed E-state index contributed by atoms with van der Waals surface area (Å²) in [4.78, 5) is 0. The minimum atomic E-state index is -3.01. The molecule has 1 aliphatic carbocycles. The first-order valence-electron chi connectivity index (χ1n) is 7.52. The van der Waals surface area contributed by atoms with Crippen LogP contribution in [0.15, 0.2) is 4.52 Å². The van der Waals surface area contributed by atoms with Crippen molar-refractivity contribution in [3.63, 3.8) is 0 Å². The Morgan fingerprint density at radius 1 is 1.33 bits per heavy atom. The minimum absolute atomic E-state index is 0.00519. The van der Waals surface area contributed by atoms with Gasteiger partial charge in [-0.2, -0.15) is 0 Å². The highest BCUT2D eigenvalue weighted by Crippen LogP contribution is 2.25. The van der Waals surface area contributed by atoms with E-state index >= 15 is 0 Å². The molecule has 0 saturated heterocycles. The lowest BCUT2D eigenvalue weighted by Crippen LogP contribution is -2.45. The van der Waals surface area contributed by atoms with Crippen LogP contribution in [0.2, 0.25) is 0 Å². The minimum Gasteiger partial charge on any atom is -0.376 e. The first kappa shape index (κ1) is 15.0. The quantitative estimate of drug-likeness (QED) is 0.899. The average molecular weight is 314 g/mol. The van der Waals surface area contributed by atoms with Gasteiger partial charge in [-0.3, -0.25) is 0 Å². The number of hydrogen-bond acceptors (Lipinski definition) is 6. The number of hydrogen-bond donors (Lipinski definition) is 1. The van der Waals surface area contributed by atoms with Gasteiger partial charge in [-0.05, 0) is 12.8 Å². The number of ether oxygens (including phenoxy) is 1. The van der Waals surface area contributed by atoms with E-state index in [1.165, 1.54) is 6.26 Å². The SMILES string of the molecule is CS(=O)(=O)[C@@H]1CCCC[C@H]1NCc1noc2c1COCC2. The van der Waals surface area contributed by atoms with Gasteiger partial charge in [0.1, 0.15) is 11.5 Å². The zero-order valence-corrected chi connectivity index (χ0v) is 13.1. The van der Waals surface area contributed by atoms with E-state index in [2.05, 4.69) is 10.5 Å². The third-order valence-electron chi connectivity index (χ3n) is 4.46. The fourth-order valence-corrected chi connectivity index (χ4v) is 4.71. The van der Waals surface area contributed by atoms with E-state index < -0.39 is 9.84 Å². The monoisotopic (exact) mass is 314 g/mol. The van der Waals surface area contributed by atoms with Crippen LogP contribution in [0.4, 0.5) is 0 Å². The summed E-state index contributed by atoms with van der Waals surface area (Å²) in [6.07, 6.45) is 5.80. The third-order valence-corrected chi connectivity index (χ3v) is 6.12. The molecule has 0 unspecified atom stereocenters. The van der Waals surface area contributed by atoms with Gasteiger partial charge in [0, 0.05) is 30.8 Å². The average Bonchev–Trinajstić information content (AvgIpc) is 2.88. The van der Waals surface area contributed by atoms with Crippen molar-refractivity contribution in [2.75, 3.05) is 12.9 Å². The number of rotatable bonds is 4. The zero-order valence-electron chi connectivity index (χ0n) is 12.3. The molecule has 0 bridgehead atoms. The molecule has 0 amide bonds. The standard InChI is InChI=1S/C14H22N2O4S/c1-21(17,18)14-5-3-2-4-11(14)15-8-12-10-9-19-7-6-13(10)20-16-12/h11,14-15H,2-9H2,1H3/t11-,14-/m1/s1. The Bertz CT molecular complexity index is 596. The second-order valence-electron chi connectivity index (χ2n) is 5.97. The van der Waals surface area contributed by atoms with E-state index in [9.17, 15) is 8.42 Å². The molecule has 21 heavy (non-hydrogen) atoms. The summed E-state index contributed by atoms with van der Waals surface area (Å²) < 4.78 is 34.6. The first-order valence-corrected chi connectivity index (χ1v) is 9.47. The van der Waals surface area contributed by atoms with E-state index in [0.29, 0.717) is 19.8 Å². The van der Waals surface area contributed by atoms with Gasteiger partial charge in [-0.25, -0.2) is 8.42 Å². The summed E-state index contributed by atoms with van der Waals surface area (Å²) in [5.74, 6) is 0.904. The van der Waals surface area contributed by atoms with Crippen LogP contribution >= 0.6 is 0 Å². The Morgan fingerprint density at radius 3 is 2.95 bits per heavy atom. The Morgan fingerprint density at radius 2 is 2.14 bits per heavy atom. The van der Waals surface area contributed by atoms with Gasteiger partial charge in [0.05, 0.1) is 18.5 Å². The molecule has 7 heteroatoms. The highest BCUT2D eigenvalue weighted by Gasteiger charge is 2.32. The third kappa shape index (κ3) is 3.30. The molecular weight excluding hydrogens is 292 g/mol. The van der Waals surface area contributed by atoms with Crippen LogP contribution in [0.1, 0.15) is 42.7 Å². The molecule has 1 aromatic rings. The fourth-order valence-electron chi connectivity index (χ4n) is 3.29. The van der Waals surface area contributed by atoms with Crippen molar-refractivity contribution < 1.29 is 17.7 Å². The van der Waals surface area contributed by atoms with Gasteiger partial charge in [-0.1, -0.05) is 18.0 Å². The molecule has 1 fully saturated rings. The number of nitrogens with one attached hydrogen (secondary N) is 1. The second kappa shape index (κ2) is 6.06. The van der Waals surface area contributed by atoms with E-state index in [1.54, 1.807) is 0 Å². The molecule has 0 radical (unpaired) electrons. The van der Waals surface area contributed by atoms with E-state index in [0.717, 1.165) is 49.1 Å². The molecule has 1 aliphatic heterocycles. The molecule has 3 rings (SSSR count). The highest BCUT2D eigenvalue weighted by molar-refractivity contribution is 7.91. The van der Waals surface area contributed by atoms with Gasteiger partial charge in [0.15, 0.2) is 9.84 Å². The molecule has 2 atom stereocenters. The zero-order chi connectivity index (χ0) is 14.9. The topological polar surface area (TPSA) is 81.4 Å². The van der Waals surface area contributed by atoms with Crippen molar-refractivity contribution in [3.05, 3.63) is 17.0 Å². The molecule has 6 nitrogen and oxygen atoms in total. The van der Waals surface area contributed by atoms with E-state index in [1.807, 2.05) is 0 Å². The Labute approximate surface area is 125 Å². The number of nitrogens with zero attached hydrogens (tertiary/aromatic N) is 1. The summed E-state index contributed by atoms with van der Waals surface area (Å²) in [6, 6.07) is 0.00519. The van der Waals surface area contributed by atoms with Crippen molar-refractivity contribution in [2.45, 2.75) is 56.5 Å². The van der Waals surface area contributed by atoms with Crippen LogP contribution < -0.4 is 5.32 Å². The maximum absolute atomic E-state index is 11.9. The maximum Gasteiger partial charge on any atom is 0.151 e. The van der Waals surface area contributed by atoms with Gasteiger partial charge in [-0.15, -0.1) is 0 Å². The number of fused-ring (bicyclic) bond motifs is 1. The van der Waals surface area contributed by atoms with Gasteiger partial charge >= 0.3 is 0 Å². The van der Waals surface area contributed by atoms with Crippen molar-refractivity contribution in [1.29, 1.82) is 0 Å². The molecule has 0 spiro atoms. The molecule has 1 aromatic heterocycles. The largest absolute Gasteiger partial charge is 0.376 e. The van der Waals surface area contributed by atoms with Crippen molar-refractivity contribution in [1.82, 2.24) is 10.5 Å². The summed E-state index contributed by atoms with van der Waals surface area (Å²) in [7, 11) is -3.01. The highest BCUT2D eigenvalue weighted by atomic mass is 32.2. The Balaban J connectivity index is 1.67. The molecule has 2 heterocycles. The number of sulfone groups is 1. The van der Waals surface area contributed by atoms with Crippen molar-refractivity contribution >= 4 is 9.84 Å². The van der Waals surface area contributed by atoms with Crippen molar-refractivity contribution in [3.8, 4) is 0 Å². The molecule has 2 aliphatic rings. The Hall–Kier alpha value is -0.920. The predicted molar refractivity (Wildman–Crippen MR) is 77.6 cm³/mol. The van der Waals surface area contributed by atoms with E-state index in [-0.39, 0.29) is 11.3 Å². The van der Waals surface area contributed by atoms with Crippen LogP contribution in [0.3, 0.4) is 0 Å². The lowest BCUT2D eigenvalue weighted by atomic mass is 9.94. The second-order valence-corrected chi connectivity index (χ2v) is 8.24. The first-order chi connectivity index (χ1) is 10.1. The summed E-state index contributed by atoms with van der Waals surface area (Å²) >= 11 is 0. The van der Waals surface area contributed by atoms with Crippen LogP contribution in [0.25, 0.3) is 0 Å². The van der Waals surface area contributed by atoms with Crippen LogP contribution in [-0.2, 0) is 34.1 Å². The number of aromatic nitrogens is 1. The summed E-state index contributed by atoms with van der Waals surface area (Å²) in [5.41, 5.74) is 1.88. The van der Waals surface area contributed by atoms with Crippen LogP contribution in [0.5, 0.6) is 0 Å².